The monoisotopic (exact) mass is 485 g/mol. The fourth-order valence-corrected chi connectivity index (χ4v) is 4.98. The minimum absolute atomic E-state index is 0.175. The maximum absolute atomic E-state index is 12.7. The van der Waals surface area contributed by atoms with Gasteiger partial charge < -0.3 is 10.1 Å². The van der Waals surface area contributed by atoms with E-state index in [2.05, 4.69) is 10.3 Å². The summed E-state index contributed by atoms with van der Waals surface area (Å²) in [5.74, 6) is -0.465. The van der Waals surface area contributed by atoms with Crippen molar-refractivity contribution in [1.29, 1.82) is 0 Å². The Morgan fingerprint density at radius 2 is 1.76 bits per heavy atom. The number of fused-ring (bicyclic) bond motifs is 1. The van der Waals surface area contributed by atoms with Crippen LogP contribution in [-0.4, -0.2) is 59.1 Å². The molecule has 12 heteroatoms. The number of nitrogens with zero attached hydrogens (tertiary/aromatic N) is 4. The van der Waals surface area contributed by atoms with Crippen LogP contribution >= 0.6 is 0 Å². The lowest BCUT2D eigenvalue weighted by atomic mass is 10.2. The Morgan fingerprint density at radius 1 is 1.09 bits per heavy atom. The zero-order valence-corrected chi connectivity index (χ0v) is 19.4. The predicted molar refractivity (Wildman–Crippen MR) is 126 cm³/mol. The summed E-state index contributed by atoms with van der Waals surface area (Å²) >= 11 is 0. The topological polar surface area (TPSA) is 133 Å². The molecule has 1 fully saturated rings. The molecule has 0 bridgehead atoms. The lowest BCUT2D eigenvalue weighted by molar-refractivity contribution is -0.111. The summed E-state index contributed by atoms with van der Waals surface area (Å²) in [5, 5.41) is 2.82. The van der Waals surface area contributed by atoms with Crippen molar-refractivity contribution in [2.45, 2.75) is 4.90 Å². The van der Waals surface area contributed by atoms with E-state index in [9.17, 15) is 22.8 Å². The van der Waals surface area contributed by atoms with Gasteiger partial charge in [0.05, 0.1) is 35.4 Å². The molecule has 34 heavy (non-hydrogen) atoms. The molecule has 1 aliphatic rings. The Kier molecular flexibility index (Phi) is 6.46. The van der Waals surface area contributed by atoms with Crippen LogP contribution in [0, 0.1) is 0 Å². The molecule has 3 heterocycles. The molecule has 11 nitrogen and oxygen atoms in total. The average Bonchev–Trinajstić information content (AvgIpc) is 2.85. The van der Waals surface area contributed by atoms with Gasteiger partial charge in [0.15, 0.2) is 0 Å². The molecule has 178 valence electrons. The molecule has 0 saturated carbocycles. The molecule has 1 aromatic carbocycles. The van der Waals surface area contributed by atoms with E-state index in [4.69, 9.17) is 4.74 Å². The fourth-order valence-electron chi connectivity index (χ4n) is 3.58. The summed E-state index contributed by atoms with van der Waals surface area (Å²) in [7, 11) is -0.707. The quantitative estimate of drug-likeness (QED) is 0.514. The van der Waals surface area contributed by atoms with Gasteiger partial charge in [0.25, 0.3) is 5.56 Å². The Bertz CT molecular complexity index is 1500. The maximum atomic E-state index is 12.7. The molecule has 0 spiro atoms. The van der Waals surface area contributed by atoms with E-state index in [1.807, 2.05) is 0 Å². The number of anilines is 1. The fraction of sp³-hybridized carbons (Fsp3) is 0.273. The van der Waals surface area contributed by atoms with Crippen LogP contribution in [0.1, 0.15) is 5.56 Å². The number of ether oxygens (including phenoxy) is 1. The molecule has 3 aromatic rings. The first kappa shape index (κ1) is 23.5. The molecule has 1 aliphatic heterocycles. The smallest absolute Gasteiger partial charge is 0.332 e. The number of nitrogens with one attached hydrogen (secondary N) is 1. The standard InChI is InChI=1S/C22H23N5O6S/c1-25-20-18(21(29)26(2)22(25)30)13-16(14-23-20)24-19(28)8-5-15-3-6-17(7-4-15)34(31,32)27-9-11-33-12-10-27/h3-8,13-14H,9-12H2,1-2H3,(H,24,28)/b8-5+. The van der Waals surface area contributed by atoms with Crippen molar-refractivity contribution in [1.82, 2.24) is 18.4 Å². The van der Waals surface area contributed by atoms with E-state index >= 15 is 0 Å². The number of amides is 1. The van der Waals surface area contributed by atoms with Gasteiger partial charge in [-0.15, -0.1) is 0 Å². The Labute approximate surface area is 195 Å². The summed E-state index contributed by atoms with van der Waals surface area (Å²) in [5.41, 5.74) is 0.146. The molecule has 1 saturated heterocycles. The van der Waals surface area contributed by atoms with Crippen LogP contribution in [0.25, 0.3) is 17.1 Å². The molecule has 0 unspecified atom stereocenters. The summed E-state index contributed by atoms with van der Waals surface area (Å²) in [6, 6.07) is 7.67. The average molecular weight is 486 g/mol. The molecule has 0 aliphatic carbocycles. The number of hydrogen-bond acceptors (Lipinski definition) is 7. The van der Waals surface area contributed by atoms with Crippen LogP contribution in [-0.2, 0) is 33.7 Å². The van der Waals surface area contributed by atoms with Gasteiger partial charge in [0.1, 0.15) is 5.65 Å². The van der Waals surface area contributed by atoms with Gasteiger partial charge in [-0.1, -0.05) is 12.1 Å². The molecular formula is C22H23N5O6S. The number of sulfonamides is 1. The highest BCUT2D eigenvalue weighted by Crippen LogP contribution is 2.18. The van der Waals surface area contributed by atoms with Crippen LogP contribution in [0.5, 0.6) is 0 Å². The Balaban J connectivity index is 1.47. The van der Waals surface area contributed by atoms with Crippen molar-refractivity contribution in [3.05, 3.63) is 69.0 Å². The van der Waals surface area contributed by atoms with Crippen molar-refractivity contribution in [3.8, 4) is 0 Å². The second-order valence-electron chi connectivity index (χ2n) is 7.71. The number of hydrogen-bond donors (Lipinski definition) is 1. The highest BCUT2D eigenvalue weighted by molar-refractivity contribution is 7.89. The van der Waals surface area contributed by atoms with Gasteiger partial charge in [0.2, 0.25) is 15.9 Å². The van der Waals surface area contributed by atoms with E-state index in [1.54, 1.807) is 12.1 Å². The molecule has 1 N–H and O–H groups in total. The molecule has 4 rings (SSSR count). The number of rotatable bonds is 5. The SMILES string of the molecule is Cn1c(=O)c2cc(NC(=O)/C=C/c3ccc(S(=O)(=O)N4CCOCC4)cc3)cnc2n(C)c1=O. The Hall–Kier alpha value is -3.61. The minimum Gasteiger partial charge on any atom is -0.379 e. The van der Waals surface area contributed by atoms with E-state index < -0.39 is 27.2 Å². The largest absolute Gasteiger partial charge is 0.379 e. The van der Waals surface area contributed by atoms with E-state index in [0.717, 1.165) is 4.57 Å². The molecular weight excluding hydrogens is 462 g/mol. The molecule has 2 aromatic heterocycles. The van der Waals surface area contributed by atoms with Crippen molar-refractivity contribution < 1.29 is 17.9 Å². The van der Waals surface area contributed by atoms with Gasteiger partial charge in [-0.3, -0.25) is 18.7 Å². The second kappa shape index (κ2) is 9.33. The molecule has 0 radical (unpaired) electrons. The number of carbonyl (C=O) groups is 1. The van der Waals surface area contributed by atoms with Gasteiger partial charge in [-0.2, -0.15) is 4.31 Å². The number of morpholine rings is 1. The number of benzene rings is 1. The van der Waals surface area contributed by atoms with E-state index in [0.29, 0.717) is 37.6 Å². The summed E-state index contributed by atoms with van der Waals surface area (Å²) in [4.78, 5) is 41.0. The van der Waals surface area contributed by atoms with Gasteiger partial charge >= 0.3 is 5.69 Å². The van der Waals surface area contributed by atoms with Crippen LogP contribution in [0.15, 0.2) is 57.1 Å². The maximum Gasteiger partial charge on any atom is 0.332 e. The number of aryl methyl sites for hydroxylation is 1. The Morgan fingerprint density at radius 3 is 2.44 bits per heavy atom. The number of aromatic nitrogens is 3. The van der Waals surface area contributed by atoms with Crippen molar-refractivity contribution in [2.24, 2.45) is 14.1 Å². The van der Waals surface area contributed by atoms with Crippen molar-refractivity contribution >= 4 is 38.7 Å². The lowest BCUT2D eigenvalue weighted by Crippen LogP contribution is -2.40. The third-order valence-corrected chi connectivity index (χ3v) is 7.39. The predicted octanol–water partition coefficient (Wildman–Crippen LogP) is 0.305. The highest BCUT2D eigenvalue weighted by atomic mass is 32.2. The zero-order chi connectivity index (χ0) is 24.5. The number of carbonyl (C=O) groups excluding carboxylic acids is 1. The minimum atomic E-state index is -3.59. The van der Waals surface area contributed by atoms with Crippen LogP contribution in [0.3, 0.4) is 0 Å². The summed E-state index contributed by atoms with van der Waals surface area (Å²) in [6.07, 6.45) is 4.18. The van der Waals surface area contributed by atoms with Crippen LogP contribution in [0.2, 0.25) is 0 Å². The summed E-state index contributed by atoms with van der Waals surface area (Å²) < 4.78 is 34.2. The normalized spacial score (nSPS) is 15.1. The molecule has 0 atom stereocenters. The lowest BCUT2D eigenvalue weighted by Gasteiger charge is -2.26. The van der Waals surface area contributed by atoms with Gasteiger partial charge in [-0.25, -0.2) is 18.2 Å². The summed E-state index contributed by atoms with van der Waals surface area (Å²) in [6.45, 7) is 1.37. The number of pyridine rings is 1. The van der Waals surface area contributed by atoms with Crippen LogP contribution in [0.4, 0.5) is 5.69 Å². The van der Waals surface area contributed by atoms with Crippen molar-refractivity contribution in [3.63, 3.8) is 0 Å². The van der Waals surface area contributed by atoms with Gasteiger partial charge in [-0.05, 0) is 29.8 Å². The van der Waals surface area contributed by atoms with E-state index in [1.165, 1.54) is 59.5 Å². The molecule has 1 amide bonds. The second-order valence-corrected chi connectivity index (χ2v) is 9.65. The van der Waals surface area contributed by atoms with Crippen LogP contribution < -0.4 is 16.6 Å². The van der Waals surface area contributed by atoms with Crippen molar-refractivity contribution in [2.75, 3.05) is 31.6 Å². The third-order valence-electron chi connectivity index (χ3n) is 5.48. The van der Waals surface area contributed by atoms with Gasteiger partial charge in [0, 0.05) is 33.3 Å². The highest BCUT2D eigenvalue weighted by Gasteiger charge is 2.25. The first-order valence-corrected chi connectivity index (χ1v) is 11.9. The third kappa shape index (κ3) is 4.55. The first-order chi connectivity index (χ1) is 16.2. The zero-order valence-electron chi connectivity index (χ0n) is 18.6. The first-order valence-electron chi connectivity index (χ1n) is 10.4. The van der Waals surface area contributed by atoms with E-state index in [-0.39, 0.29) is 15.9 Å².